The summed E-state index contributed by atoms with van der Waals surface area (Å²) in [6, 6.07) is 10.1. The van der Waals surface area contributed by atoms with Gasteiger partial charge in [-0.3, -0.25) is 0 Å². The smallest absolute Gasteiger partial charge is 0.211 e. The van der Waals surface area contributed by atoms with Crippen LogP contribution < -0.4 is 0 Å². The maximum absolute atomic E-state index is 5.72. The lowest BCUT2D eigenvalue weighted by Gasteiger charge is -2.23. The molecule has 0 bridgehead atoms. The Morgan fingerprint density at radius 3 is 2.57 bits per heavy atom. The van der Waals surface area contributed by atoms with E-state index in [2.05, 4.69) is 6.08 Å². The third-order valence-electron chi connectivity index (χ3n) is 2.47. The third-order valence-corrected chi connectivity index (χ3v) is 2.47. The van der Waals surface area contributed by atoms with E-state index in [9.17, 15) is 0 Å². The van der Waals surface area contributed by atoms with Crippen LogP contribution in [0, 0.1) is 0 Å². The Balaban J connectivity index is 2.17. The minimum Gasteiger partial charge on any atom is -0.462 e. The molecular weight excluding hydrogens is 176 g/mol. The van der Waals surface area contributed by atoms with Gasteiger partial charge in [-0.15, -0.1) is 0 Å². The van der Waals surface area contributed by atoms with E-state index in [0.29, 0.717) is 0 Å². The molecule has 0 N–H and O–H groups in total. The maximum Gasteiger partial charge on any atom is 0.211 e. The molecule has 2 nitrogen and oxygen atoms in total. The predicted molar refractivity (Wildman–Crippen MR) is 55.5 cm³/mol. The largest absolute Gasteiger partial charge is 0.462 e. The van der Waals surface area contributed by atoms with E-state index < -0.39 is 5.79 Å². The van der Waals surface area contributed by atoms with Crippen molar-refractivity contribution in [2.75, 3.05) is 7.11 Å². The Bertz CT molecular complexity index is 343. The highest BCUT2D eigenvalue weighted by Crippen LogP contribution is 2.33. The summed E-state index contributed by atoms with van der Waals surface area (Å²) in [4.78, 5) is 0. The van der Waals surface area contributed by atoms with Crippen LogP contribution in [0.3, 0.4) is 0 Å². The van der Waals surface area contributed by atoms with Crippen molar-refractivity contribution in [2.45, 2.75) is 19.1 Å². The standard InChI is InChI=1S/C12H14O2/c1-12(13-2)9-8-11(14-12)10-6-4-3-5-7-10/h3-8H,9H2,1-2H3. The van der Waals surface area contributed by atoms with Crippen LogP contribution in [0.1, 0.15) is 18.9 Å². The molecule has 1 unspecified atom stereocenters. The number of methoxy groups -OCH3 is 1. The summed E-state index contributed by atoms with van der Waals surface area (Å²) in [7, 11) is 1.67. The summed E-state index contributed by atoms with van der Waals surface area (Å²) >= 11 is 0. The average molecular weight is 190 g/mol. The van der Waals surface area contributed by atoms with Gasteiger partial charge in [-0.2, -0.15) is 0 Å². The molecule has 2 rings (SSSR count). The second-order valence-corrected chi connectivity index (χ2v) is 3.58. The second-order valence-electron chi connectivity index (χ2n) is 3.58. The van der Waals surface area contributed by atoms with E-state index in [1.165, 1.54) is 0 Å². The second kappa shape index (κ2) is 3.46. The van der Waals surface area contributed by atoms with Crippen LogP contribution >= 0.6 is 0 Å². The first-order valence-electron chi connectivity index (χ1n) is 4.73. The van der Waals surface area contributed by atoms with E-state index in [1.807, 2.05) is 37.3 Å². The number of benzene rings is 1. The van der Waals surface area contributed by atoms with Crippen molar-refractivity contribution < 1.29 is 9.47 Å². The van der Waals surface area contributed by atoms with Crippen LogP contribution in [0.2, 0.25) is 0 Å². The van der Waals surface area contributed by atoms with Gasteiger partial charge in [0, 0.05) is 26.0 Å². The first kappa shape index (κ1) is 9.28. The van der Waals surface area contributed by atoms with Crippen LogP contribution in [-0.4, -0.2) is 12.9 Å². The highest BCUT2D eigenvalue weighted by atomic mass is 16.7. The van der Waals surface area contributed by atoms with Crippen LogP contribution in [0.25, 0.3) is 5.76 Å². The molecule has 1 aliphatic heterocycles. The summed E-state index contributed by atoms with van der Waals surface area (Å²) in [5.74, 6) is 0.431. The van der Waals surface area contributed by atoms with Gasteiger partial charge in [-0.05, 0) is 6.08 Å². The molecule has 0 aromatic heterocycles. The molecule has 1 aromatic carbocycles. The molecule has 0 radical (unpaired) electrons. The molecule has 0 saturated carbocycles. The molecule has 1 atom stereocenters. The first-order chi connectivity index (χ1) is 6.73. The summed E-state index contributed by atoms with van der Waals surface area (Å²) in [5.41, 5.74) is 1.10. The van der Waals surface area contributed by atoms with Gasteiger partial charge in [0.05, 0.1) is 0 Å². The molecule has 0 saturated heterocycles. The lowest BCUT2D eigenvalue weighted by atomic mass is 10.2. The molecule has 14 heavy (non-hydrogen) atoms. The van der Waals surface area contributed by atoms with Crippen molar-refractivity contribution in [2.24, 2.45) is 0 Å². The number of hydrogen-bond acceptors (Lipinski definition) is 2. The van der Waals surface area contributed by atoms with E-state index in [4.69, 9.17) is 9.47 Å². The summed E-state index contributed by atoms with van der Waals surface area (Å²) in [6.45, 7) is 1.94. The molecule has 74 valence electrons. The molecular formula is C12H14O2. The fourth-order valence-electron chi connectivity index (χ4n) is 1.50. The number of ether oxygens (including phenoxy) is 2. The summed E-state index contributed by atoms with van der Waals surface area (Å²) in [6.07, 6.45) is 2.87. The van der Waals surface area contributed by atoms with Gasteiger partial charge in [0.15, 0.2) is 0 Å². The van der Waals surface area contributed by atoms with Crippen molar-refractivity contribution in [3.63, 3.8) is 0 Å². The minimum absolute atomic E-state index is 0.481. The van der Waals surface area contributed by atoms with Gasteiger partial charge < -0.3 is 9.47 Å². The van der Waals surface area contributed by atoms with Crippen molar-refractivity contribution in [3.8, 4) is 0 Å². The normalized spacial score (nSPS) is 25.7. The molecule has 0 aliphatic carbocycles. The number of rotatable bonds is 2. The van der Waals surface area contributed by atoms with E-state index in [1.54, 1.807) is 7.11 Å². The van der Waals surface area contributed by atoms with Crippen LogP contribution in [0.4, 0.5) is 0 Å². The van der Waals surface area contributed by atoms with Gasteiger partial charge >= 0.3 is 0 Å². The zero-order valence-electron chi connectivity index (χ0n) is 8.49. The van der Waals surface area contributed by atoms with Crippen molar-refractivity contribution >= 4 is 5.76 Å². The quantitative estimate of drug-likeness (QED) is 0.714. The Hall–Kier alpha value is -1.28. The summed E-state index contributed by atoms with van der Waals surface area (Å²) < 4.78 is 11.0. The number of hydrogen-bond donors (Lipinski definition) is 0. The molecule has 0 amide bonds. The molecule has 1 aromatic rings. The van der Waals surface area contributed by atoms with Gasteiger partial charge in [0.2, 0.25) is 5.79 Å². The van der Waals surface area contributed by atoms with Gasteiger partial charge in [-0.1, -0.05) is 30.3 Å². The van der Waals surface area contributed by atoms with E-state index in [-0.39, 0.29) is 0 Å². The molecule has 0 spiro atoms. The topological polar surface area (TPSA) is 18.5 Å². The Morgan fingerprint density at radius 2 is 2.00 bits per heavy atom. The van der Waals surface area contributed by atoms with Crippen molar-refractivity contribution in [3.05, 3.63) is 42.0 Å². The van der Waals surface area contributed by atoms with Gasteiger partial charge in [0.1, 0.15) is 5.76 Å². The van der Waals surface area contributed by atoms with Crippen molar-refractivity contribution in [1.82, 2.24) is 0 Å². The Labute approximate surface area is 84.2 Å². The first-order valence-corrected chi connectivity index (χ1v) is 4.73. The minimum atomic E-state index is -0.481. The Kier molecular flexibility index (Phi) is 2.30. The Morgan fingerprint density at radius 1 is 1.29 bits per heavy atom. The average Bonchev–Trinajstić information content (AvgIpc) is 2.63. The molecule has 2 heteroatoms. The third kappa shape index (κ3) is 1.66. The van der Waals surface area contributed by atoms with Crippen LogP contribution in [-0.2, 0) is 9.47 Å². The van der Waals surface area contributed by atoms with Crippen LogP contribution in [0.5, 0.6) is 0 Å². The van der Waals surface area contributed by atoms with Gasteiger partial charge in [-0.25, -0.2) is 0 Å². The zero-order chi connectivity index (χ0) is 10.0. The lowest BCUT2D eigenvalue weighted by Crippen LogP contribution is -2.25. The monoisotopic (exact) mass is 190 g/mol. The van der Waals surface area contributed by atoms with E-state index in [0.717, 1.165) is 17.7 Å². The predicted octanol–water partition coefficient (Wildman–Crippen LogP) is 2.81. The fourth-order valence-corrected chi connectivity index (χ4v) is 1.50. The molecule has 0 fully saturated rings. The zero-order valence-corrected chi connectivity index (χ0v) is 8.49. The highest BCUT2D eigenvalue weighted by molar-refractivity contribution is 5.61. The van der Waals surface area contributed by atoms with E-state index >= 15 is 0 Å². The van der Waals surface area contributed by atoms with Gasteiger partial charge in [0.25, 0.3) is 0 Å². The lowest BCUT2D eigenvalue weighted by molar-refractivity contribution is -0.153. The highest BCUT2D eigenvalue weighted by Gasteiger charge is 2.31. The molecule has 1 heterocycles. The summed E-state index contributed by atoms with van der Waals surface area (Å²) in [5, 5.41) is 0. The maximum atomic E-state index is 5.72. The van der Waals surface area contributed by atoms with Crippen LogP contribution in [0.15, 0.2) is 36.4 Å². The fraction of sp³-hybridized carbons (Fsp3) is 0.333. The van der Waals surface area contributed by atoms with Crippen molar-refractivity contribution in [1.29, 1.82) is 0 Å². The SMILES string of the molecule is COC1(C)CC=C(c2ccccc2)O1. The molecule has 1 aliphatic rings.